The highest BCUT2D eigenvalue weighted by atomic mass is 15.1. The van der Waals surface area contributed by atoms with Crippen LogP contribution < -0.4 is 9.80 Å². The molecule has 11 aromatic carbocycles. The molecule has 0 aromatic heterocycles. The van der Waals surface area contributed by atoms with Gasteiger partial charge in [-0.2, -0.15) is 21.0 Å². The first kappa shape index (κ1) is 44.0. The Morgan fingerprint density at radius 3 is 0.750 bits per heavy atom. The Morgan fingerprint density at radius 1 is 0.222 bits per heavy atom. The van der Waals surface area contributed by atoms with Crippen molar-refractivity contribution in [3.05, 3.63) is 265 Å². The van der Waals surface area contributed by atoms with Crippen molar-refractivity contribution < 1.29 is 0 Å². The molecular formula is C66H40N6. The van der Waals surface area contributed by atoms with E-state index in [1.165, 1.54) is 0 Å². The molecule has 6 heteroatoms. The van der Waals surface area contributed by atoms with Crippen molar-refractivity contribution in [1.29, 1.82) is 21.0 Å². The lowest BCUT2D eigenvalue weighted by Gasteiger charge is -2.28. The summed E-state index contributed by atoms with van der Waals surface area (Å²) in [5, 5.41) is 43.2. The predicted octanol–water partition coefficient (Wildman–Crippen LogP) is 17.1. The van der Waals surface area contributed by atoms with Crippen molar-refractivity contribution >= 4 is 55.7 Å². The SMILES string of the molecule is N#Cc1ccc(N(c2ccc(C#N)cc2)c2ccc3c(-c4ccc(-c5ccccc5)cc4)c4cc(N(c5ccc(C#N)cc5)c5ccc(C#N)cc5)ccc4c(-c4ccc(-c5ccccc5)cc4)c3c2)cc1. The van der Waals surface area contributed by atoms with E-state index in [1.807, 2.05) is 109 Å². The molecule has 0 fully saturated rings. The van der Waals surface area contributed by atoms with Crippen LogP contribution in [0.3, 0.4) is 0 Å². The molecule has 0 unspecified atom stereocenters. The molecule has 6 nitrogen and oxygen atoms in total. The lowest BCUT2D eigenvalue weighted by atomic mass is 9.84. The standard InChI is InChI=1S/C66H40N6/c67-41-45-11-27-55(28-12-45)71(56-29-13-46(42-68)14-30-56)59-36-38-62-63(39-59)65(53-23-19-51(20-24-53)49-7-3-1-4-8-49)61-37-35-60(40-64(61)66(62)54-25-21-52(22-26-54)50-9-5-2-6-10-50)72(57-31-15-47(43-69)16-32-57)58-33-17-48(44-70)18-34-58/h1-40H. The lowest BCUT2D eigenvalue weighted by molar-refractivity contribution is 1.28. The normalized spacial score (nSPS) is 10.7. The lowest BCUT2D eigenvalue weighted by Crippen LogP contribution is -2.10. The summed E-state index contributed by atoms with van der Waals surface area (Å²) in [5.74, 6) is 0. The monoisotopic (exact) mass is 916 g/mol. The average Bonchev–Trinajstić information content (AvgIpc) is 3.46. The molecule has 0 atom stereocenters. The molecule has 334 valence electrons. The molecule has 0 radical (unpaired) electrons. The molecule has 0 amide bonds. The zero-order chi connectivity index (χ0) is 49.0. The summed E-state index contributed by atoms with van der Waals surface area (Å²) in [7, 11) is 0. The maximum atomic E-state index is 9.76. The molecule has 0 aliphatic rings. The summed E-state index contributed by atoms with van der Waals surface area (Å²) < 4.78 is 0. The number of nitriles is 4. The van der Waals surface area contributed by atoms with Gasteiger partial charge in [-0.1, -0.05) is 121 Å². The van der Waals surface area contributed by atoms with Crippen LogP contribution in [0.15, 0.2) is 243 Å². The van der Waals surface area contributed by atoms with Gasteiger partial charge in [0.15, 0.2) is 0 Å². The van der Waals surface area contributed by atoms with Crippen molar-refractivity contribution in [2.24, 2.45) is 0 Å². The molecule has 0 spiro atoms. The van der Waals surface area contributed by atoms with Crippen LogP contribution in [0.25, 0.3) is 66.1 Å². The van der Waals surface area contributed by atoms with Crippen LogP contribution in [0.5, 0.6) is 0 Å². The number of benzene rings is 11. The van der Waals surface area contributed by atoms with Crippen molar-refractivity contribution in [2.75, 3.05) is 9.80 Å². The van der Waals surface area contributed by atoms with Crippen molar-refractivity contribution in [3.63, 3.8) is 0 Å². The van der Waals surface area contributed by atoms with Gasteiger partial charge in [0, 0.05) is 34.1 Å². The molecule has 0 aliphatic heterocycles. The third kappa shape index (κ3) is 8.42. The topological polar surface area (TPSA) is 102 Å². The fraction of sp³-hybridized carbons (Fsp3) is 0. The van der Waals surface area contributed by atoms with E-state index in [0.717, 1.165) is 100 Å². The van der Waals surface area contributed by atoms with E-state index in [0.29, 0.717) is 22.3 Å². The van der Waals surface area contributed by atoms with Crippen LogP contribution in [0, 0.1) is 45.3 Å². The van der Waals surface area contributed by atoms with Gasteiger partial charge in [-0.3, -0.25) is 0 Å². The van der Waals surface area contributed by atoms with E-state index in [1.54, 1.807) is 0 Å². The van der Waals surface area contributed by atoms with Gasteiger partial charge in [0.1, 0.15) is 0 Å². The van der Waals surface area contributed by atoms with Crippen molar-refractivity contribution in [2.45, 2.75) is 0 Å². The van der Waals surface area contributed by atoms with E-state index < -0.39 is 0 Å². The zero-order valence-corrected chi connectivity index (χ0v) is 38.8. The molecule has 72 heavy (non-hydrogen) atoms. The molecule has 0 heterocycles. The van der Waals surface area contributed by atoms with Gasteiger partial charge in [-0.15, -0.1) is 0 Å². The Kier molecular flexibility index (Phi) is 11.8. The highest BCUT2D eigenvalue weighted by Crippen LogP contribution is 2.49. The molecule has 0 saturated heterocycles. The molecule has 0 N–H and O–H groups in total. The Hall–Kier alpha value is -10.5. The first-order chi connectivity index (χ1) is 35.5. The fourth-order valence-corrected chi connectivity index (χ4v) is 9.66. The van der Waals surface area contributed by atoms with Crippen LogP contribution >= 0.6 is 0 Å². The minimum Gasteiger partial charge on any atom is -0.310 e. The number of fused-ring (bicyclic) bond motifs is 2. The maximum Gasteiger partial charge on any atom is 0.0991 e. The zero-order valence-electron chi connectivity index (χ0n) is 38.8. The van der Waals surface area contributed by atoms with Crippen LogP contribution in [0.2, 0.25) is 0 Å². The molecule has 0 saturated carbocycles. The van der Waals surface area contributed by atoms with E-state index in [9.17, 15) is 21.0 Å². The molecule has 0 bridgehead atoms. The maximum absolute atomic E-state index is 9.76. The Morgan fingerprint density at radius 2 is 0.472 bits per heavy atom. The minimum absolute atomic E-state index is 0.559. The third-order valence-electron chi connectivity index (χ3n) is 13.2. The van der Waals surface area contributed by atoms with Gasteiger partial charge in [0.05, 0.1) is 46.5 Å². The molecular weight excluding hydrogens is 877 g/mol. The average molecular weight is 917 g/mol. The number of hydrogen-bond acceptors (Lipinski definition) is 6. The molecule has 0 aliphatic carbocycles. The highest BCUT2D eigenvalue weighted by Gasteiger charge is 2.23. The van der Waals surface area contributed by atoms with Gasteiger partial charge in [0.2, 0.25) is 0 Å². The second-order valence-corrected chi connectivity index (χ2v) is 17.4. The molecule has 11 aromatic rings. The fourth-order valence-electron chi connectivity index (χ4n) is 9.66. The third-order valence-corrected chi connectivity index (χ3v) is 13.2. The van der Waals surface area contributed by atoms with E-state index in [2.05, 4.69) is 168 Å². The Bertz CT molecular complexity index is 3570. The van der Waals surface area contributed by atoms with Crippen molar-refractivity contribution in [1.82, 2.24) is 0 Å². The summed E-state index contributed by atoms with van der Waals surface area (Å²) in [6, 6.07) is 91.0. The summed E-state index contributed by atoms with van der Waals surface area (Å²) in [5.41, 5.74) is 16.2. The minimum atomic E-state index is 0.559. The summed E-state index contributed by atoms with van der Waals surface area (Å²) in [6.07, 6.45) is 0. The van der Waals surface area contributed by atoms with Crippen LogP contribution in [0.4, 0.5) is 34.1 Å². The van der Waals surface area contributed by atoms with Gasteiger partial charge in [0.25, 0.3) is 0 Å². The second-order valence-electron chi connectivity index (χ2n) is 17.4. The Labute approximate surface area is 418 Å². The largest absolute Gasteiger partial charge is 0.310 e. The highest BCUT2D eigenvalue weighted by molar-refractivity contribution is 6.22. The Balaban J connectivity index is 1.22. The number of rotatable bonds is 10. The van der Waals surface area contributed by atoms with Crippen LogP contribution in [-0.2, 0) is 0 Å². The van der Waals surface area contributed by atoms with E-state index in [-0.39, 0.29) is 0 Å². The summed E-state index contributed by atoms with van der Waals surface area (Å²) >= 11 is 0. The quantitative estimate of drug-likeness (QED) is 0.127. The van der Waals surface area contributed by atoms with Gasteiger partial charge >= 0.3 is 0 Å². The van der Waals surface area contributed by atoms with Gasteiger partial charge in [-0.25, -0.2) is 0 Å². The number of nitrogens with zero attached hydrogens (tertiary/aromatic N) is 6. The van der Waals surface area contributed by atoms with Gasteiger partial charge in [-0.05, 0) is 187 Å². The summed E-state index contributed by atoms with van der Waals surface area (Å²) in [6.45, 7) is 0. The second kappa shape index (κ2) is 19.2. The van der Waals surface area contributed by atoms with Crippen LogP contribution in [0.1, 0.15) is 22.3 Å². The van der Waals surface area contributed by atoms with Gasteiger partial charge < -0.3 is 9.80 Å². The smallest absolute Gasteiger partial charge is 0.0991 e. The number of hydrogen-bond donors (Lipinski definition) is 0. The molecule has 11 rings (SSSR count). The predicted molar refractivity (Wildman–Crippen MR) is 291 cm³/mol. The van der Waals surface area contributed by atoms with Crippen LogP contribution in [-0.4, -0.2) is 0 Å². The van der Waals surface area contributed by atoms with Crippen molar-refractivity contribution in [3.8, 4) is 68.8 Å². The first-order valence-corrected chi connectivity index (χ1v) is 23.5. The number of anilines is 6. The summed E-state index contributed by atoms with van der Waals surface area (Å²) in [4.78, 5) is 4.33. The van der Waals surface area contributed by atoms with E-state index in [4.69, 9.17) is 0 Å². The van der Waals surface area contributed by atoms with E-state index >= 15 is 0 Å². The first-order valence-electron chi connectivity index (χ1n) is 23.5.